The van der Waals surface area contributed by atoms with Crippen LogP contribution in [0.25, 0.3) is 11.1 Å². The maximum Gasteiger partial charge on any atom is 0.427 e. The molecule has 0 aromatic heterocycles. The van der Waals surface area contributed by atoms with Crippen molar-refractivity contribution in [3.63, 3.8) is 0 Å². The van der Waals surface area contributed by atoms with Crippen LogP contribution in [0.5, 0.6) is 0 Å². The monoisotopic (exact) mass is 413 g/mol. The maximum atomic E-state index is 12.8. The quantitative estimate of drug-likeness (QED) is 0.464. The van der Waals surface area contributed by atoms with Gasteiger partial charge in [0, 0.05) is 12.3 Å². The number of carbonyl (C=O) groups excluding carboxylic acids is 3. The molecule has 1 atom stereocenters. The van der Waals surface area contributed by atoms with E-state index in [1.807, 2.05) is 78.9 Å². The van der Waals surface area contributed by atoms with E-state index < -0.39 is 24.2 Å². The molecule has 0 saturated carbocycles. The van der Waals surface area contributed by atoms with Gasteiger partial charge in [-0.25, -0.2) is 14.4 Å². The first-order valence-corrected chi connectivity index (χ1v) is 10.1. The van der Waals surface area contributed by atoms with Gasteiger partial charge in [-0.15, -0.1) is 0 Å². The van der Waals surface area contributed by atoms with Crippen molar-refractivity contribution in [2.75, 3.05) is 6.61 Å². The summed E-state index contributed by atoms with van der Waals surface area (Å²) >= 11 is 0. The smallest absolute Gasteiger partial charge is 0.427 e. The minimum absolute atomic E-state index is 0.0584. The molecule has 0 bridgehead atoms. The first-order chi connectivity index (χ1) is 15.1. The average molecular weight is 413 g/mol. The summed E-state index contributed by atoms with van der Waals surface area (Å²) in [5.41, 5.74) is 5.17. The second-order valence-electron chi connectivity index (χ2n) is 7.57. The molecule has 0 spiro atoms. The fraction of sp³-hybridized carbons (Fsp3) is 0.160. The molecule has 3 aromatic rings. The third-order valence-corrected chi connectivity index (χ3v) is 5.77. The molecule has 1 aliphatic carbocycles. The van der Waals surface area contributed by atoms with Gasteiger partial charge in [-0.05, 0) is 27.8 Å². The third-order valence-electron chi connectivity index (χ3n) is 5.77. The molecule has 3 aromatic carbocycles. The Bertz CT molecular complexity index is 1130. The largest absolute Gasteiger partial charge is 0.448 e. The molecule has 154 valence electrons. The number of fused-ring (bicyclic) bond motifs is 3. The Morgan fingerprint density at radius 3 is 2.06 bits per heavy atom. The van der Waals surface area contributed by atoms with Gasteiger partial charge in [0.2, 0.25) is 0 Å². The first kappa shape index (κ1) is 19.1. The van der Waals surface area contributed by atoms with Gasteiger partial charge >= 0.3 is 18.2 Å². The van der Waals surface area contributed by atoms with Gasteiger partial charge in [0.25, 0.3) is 0 Å². The van der Waals surface area contributed by atoms with Crippen LogP contribution in [0.15, 0.2) is 78.9 Å². The molecular formula is C25H19NO5. The van der Waals surface area contributed by atoms with Gasteiger partial charge < -0.3 is 9.47 Å². The second kappa shape index (κ2) is 7.72. The zero-order chi connectivity index (χ0) is 21.4. The Hall–Kier alpha value is -3.93. The van der Waals surface area contributed by atoms with Crippen LogP contribution in [0, 0.1) is 0 Å². The van der Waals surface area contributed by atoms with Crippen molar-refractivity contribution in [2.24, 2.45) is 0 Å². The number of amides is 2. The molecule has 31 heavy (non-hydrogen) atoms. The van der Waals surface area contributed by atoms with E-state index in [1.54, 1.807) is 0 Å². The van der Waals surface area contributed by atoms with Gasteiger partial charge in [0.1, 0.15) is 12.6 Å². The number of ether oxygens (including phenoxy) is 2. The van der Waals surface area contributed by atoms with Crippen LogP contribution in [0.2, 0.25) is 0 Å². The van der Waals surface area contributed by atoms with E-state index in [9.17, 15) is 14.4 Å². The van der Waals surface area contributed by atoms with Gasteiger partial charge in [0.05, 0.1) is 0 Å². The summed E-state index contributed by atoms with van der Waals surface area (Å²) in [6, 6.07) is 24.1. The number of hydrogen-bond acceptors (Lipinski definition) is 5. The van der Waals surface area contributed by atoms with Crippen LogP contribution in [0.4, 0.5) is 9.59 Å². The Labute approximate surface area is 179 Å². The predicted octanol–water partition coefficient (Wildman–Crippen LogP) is 4.53. The normalized spacial score (nSPS) is 17.3. The van der Waals surface area contributed by atoms with E-state index in [2.05, 4.69) is 0 Å². The fourth-order valence-corrected chi connectivity index (χ4v) is 4.31. The second-order valence-corrected chi connectivity index (χ2v) is 7.57. The highest BCUT2D eigenvalue weighted by Gasteiger charge is 2.46. The minimum Gasteiger partial charge on any atom is -0.448 e. The summed E-state index contributed by atoms with van der Waals surface area (Å²) < 4.78 is 10.3. The van der Waals surface area contributed by atoms with E-state index in [0.717, 1.165) is 32.7 Å². The van der Waals surface area contributed by atoms with Crippen molar-refractivity contribution in [2.45, 2.75) is 18.4 Å². The highest BCUT2D eigenvalue weighted by atomic mass is 16.6. The Morgan fingerprint density at radius 2 is 1.42 bits per heavy atom. The van der Waals surface area contributed by atoms with Crippen LogP contribution in [-0.2, 0) is 20.7 Å². The molecule has 2 aliphatic rings. The molecule has 6 nitrogen and oxygen atoms in total. The van der Waals surface area contributed by atoms with E-state index in [4.69, 9.17) is 9.47 Å². The van der Waals surface area contributed by atoms with Crippen LogP contribution < -0.4 is 0 Å². The fourth-order valence-electron chi connectivity index (χ4n) is 4.31. The summed E-state index contributed by atoms with van der Waals surface area (Å²) in [6.07, 6.45) is -1.70. The molecule has 1 aliphatic heterocycles. The van der Waals surface area contributed by atoms with Gasteiger partial charge in [0.15, 0.2) is 0 Å². The van der Waals surface area contributed by atoms with E-state index >= 15 is 0 Å². The number of carbonyl (C=O) groups is 3. The predicted molar refractivity (Wildman–Crippen MR) is 112 cm³/mol. The lowest BCUT2D eigenvalue weighted by Gasteiger charge is -2.20. The SMILES string of the molecule is O=C1OC(=O)N(C(=O)OCC2c3ccccc3-c3ccccc32)C1Cc1ccccc1. The van der Waals surface area contributed by atoms with Crippen LogP contribution in [0.1, 0.15) is 22.6 Å². The maximum absolute atomic E-state index is 12.8. The number of imide groups is 1. The lowest BCUT2D eigenvalue weighted by Crippen LogP contribution is -2.42. The topological polar surface area (TPSA) is 72.9 Å². The standard InChI is InChI=1S/C25H19NO5/c27-23-22(14-16-8-2-1-3-9-16)26(25(29)31-23)24(28)30-15-21-19-12-6-4-10-17(19)18-11-5-7-13-20(18)21/h1-13,21-22H,14-15H2. The molecule has 6 heteroatoms. The van der Waals surface area contributed by atoms with Gasteiger partial charge in [-0.3, -0.25) is 0 Å². The minimum atomic E-state index is -1.04. The number of esters is 1. The molecule has 0 N–H and O–H groups in total. The van der Waals surface area contributed by atoms with Crippen molar-refractivity contribution < 1.29 is 23.9 Å². The van der Waals surface area contributed by atoms with Crippen LogP contribution >= 0.6 is 0 Å². The molecule has 2 amide bonds. The van der Waals surface area contributed by atoms with Crippen LogP contribution in [0.3, 0.4) is 0 Å². The van der Waals surface area contributed by atoms with E-state index in [-0.39, 0.29) is 18.9 Å². The number of benzene rings is 3. The summed E-state index contributed by atoms with van der Waals surface area (Å²) in [7, 11) is 0. The van der Waals surface area contributed by atoms with Crippen molar-refractivity contribution in [3.05, 3.63) is 95.6 Å². The van der Waals surface area contributed by atoms with E-state index in [1.165, 1.54) is 0 Å². The highest BCUT2D eigenvalue weighted by molar-refractivity contribution is 6.04. The van der Waals surface area contributed by atoms with Crippen molar-refractivity contribution in [1.82, 2.24) is 4.90 Å². The van der Waals surface area contributed by atoms with Crippen LogP contribution in [-0.4, -0.2) is 35.7 Å². The number of rotatable bonds is 4. The summed E-state index contributed by atoms with van der Waals surface area (Å²) in [5.74, 6) is -0.888. The molecule has 0 radical (unpaired) electrons. The Kier molecular flexibility index (Phi) is 4.75. The Morgan fingerprint density at radius 1 is 0.839 bits per heavy atom. The Balaban J connectivity index is 1.35. The number of cyclic esters (lactones) is 2. The molecule has 1 fully saturated rings. The number of hydrogen-bond donors (Lipinski definition) is 0. The first-order valence-electron chi connectivity index (χ1n) is 10.1. The lowest BCUT2D eigenvalue weighted by molar-refractivity contribution is -0.135. The zero-order valence-electron chi connectivity index (χ0n) is 16.6. The van der Waals surface area contributed by atoms with Gasteiger partial charge in [-0.1, -0.05) is 78.9 Å². The zero-order valence-corrected chi connectivity index (χ0v) is 16.6. The van der Waals surface area contributed by atoms with Gasteiger partial charge in [-0.2, -0.15) is 4.90 Å². The molecular weight excluding hydrogens is 394 g/mol. The molecule has 1 saturated heterocycles. The van der Waals surface area contributed by atoms with E-state index in [0.29, 0.717) is 0 Å². The highest BCUT2D eigenvalue weighted by Crippen LogP contribution is 2.44. The third kappa shape index (κ3) is 3.36. The molecule has 1 unspecified atom stereocenters. The average Bonchev–Trinajstić information content (AvgIpc) is 3.26. The van der Waals surface area contributed by atoms with Crippen molar-refractivity contribution in [3.8, 4) is 11.1 Å². The number of nitrogens with zero attached hydrogens (tertiary/aromatic N) is 1. The molecule has 5 rings (SSSR count). The van der Waals surface area contributed by atoms with Crippen molar-refractivity contribution in [1.29, 1.82) is 0 Å². The summed E-state index contributed by atoms with van der Waals surface area (Å²) in [6.45, 7) is 0.0584. The van der Waals surface area contributed by atoms with Crippen molar-refractivity contribution >= 4 is 18.2 Å². The molecule has 1 heterocycles. The summed E-state index contributed by atoms with van der Waals surface area (Å²) in [5, 5.41) is 0. The lowest BCUT2D eigenvalue weighted by atomic mass is 9.98. The summed E-state index contributed by atoms with van der Waals surface area (Å²) in [4.78, 5) is 38.0.